The maximum atomic E-state index is 12.6. The van der Waals surface area contributed by atoms with Gasteiger partial charge in [-0.25, -0.2) is 9.97 Å². The van der Waals surface area contributed by atoms with E-state index in [1.165, 1.54) is 6.20 Å². The van der Waals surface area contributed by atoms with Crippen molar-refractivity contribution in [3.05, 3.63) is 90.0 Å². The Bertz CT molecular complexity index is 1170. The number of aromatic nitrogens is 5. The van der Waals surface area contributed by atoms with Crippen LogP contribution in [0.5, 0.6) is 0 Å². The van der Waals surface area contributed by atoms with Crippen LogP contribution in [0, 0.1) is 6.92 Å². The summed E-state index contributed by atoms with van der Waals surface area (Å²) in [5, 5.41) is 6.03. The number of anilines is 2. The zero-order valence-corrected chi connectivity index (χ0v) is 17.1. The van der Waals surface area contributed by atoms with Crippen LogP contribution in [0.1, 0.15) is 34.7 Å². The third-order valence-electron chi connectivity index (χ3n) is 4.56. The van der Waals surface area contributed by atoms with Crippen LogP contribution in [-0.2, 0) is 0 Å². The minimum Gasteiger partial charge on any atom is -0.364 e. The molecule has 2 N–H and O–H groups in total. The first-order chi connectivity index (χ1) is 15.1. The van der Waals surface area contributed by atoms with E-state index in [1.54, 1.807) is 31.3 Å². The van der Waals surface area contributed by atoms with Gasteiger partial charge in [0, 0.05) is 18.4 Å². The normalized spacial score (nSPS) is 11.5. The van der Waals surface area contributed by atoms with Gasteiger partial charge in [-0.2, -0.15) is 9.97 Å². The smallest absolute Gasteiger partial charge is 0.259 e. The van der Waals surface area contributed by atoms with Gasteiger partial charge < -0.3 is 5.32 Å². The van der Waals surface area contributed by atoms with Gasteiger partial charge in [-0.1, -0.05) is 36.4 Å². The van der Waals surface area contributed by atoms with Gasteiger partial charge in [0.05, 0.1) is 5.56 Å². The highest BCUT2D eigenvalue weighted by atomic mass is 16.1. The minimum absolute atomic E-state index is 0.0894. The molecule has 0 bridgehead atoms. The lowest BCUT2D eigenvalue weighted by Gasteiger charge is -2.15. The summed E-state index contributed by atoms with van der Waals surface area (Å²) in [6.45, 7) is 3.79. The van der Waals surface area contributed by atoms with E-state index in [4.69, 9.17) is 0 Å². The Morgan fingerprint density at radius 2 is 1.71 bits per heavy atom. The number of carbonyl (C=O) groups is 1. The highest BCUT2D eigenvalue weighted by Crippen LogP contribution is 2.18. The molecular weight excluding hydrogens is 390 g/mol. The third kappa shape index (κ3) is 5.05. The second-order valence-corrected chi connectivity index (χ2v) is 6.91. The Balaban J connectivity index is 1.45. The molecule has 8 nitrogen and oxygen atoms in total. The first-order valence-corrected chi connectivity index (χ1v) is 9.81. The van der Waals surface area contributed by atoms with Crippen molar-refractivity contribution in [3.8, 4) is 11.5 Å². The summed E-state index contributed by atoms with van der Waals surface area (Å²) in [5.74, 6) is 1.38. The van der Waals surface area contributed by atoms with Crippen molar-refractivity contribution in [1.82, 2.24) is 24.9 Å². The lowest BCUT2D eigenvalue weighted by atomic mass is 10.1. The Morgan fingerprint density at radius 3 is 2.42 bits per heavy atom. The maximum absolute atomic E-state index is 12.6. The molecule has 0 radical (unpaired) electrons. The van der Waals surface area contributed by atoms with Gasteiger partial charge in [0.1, 0.15) is 17.3 Å². The number of amides is 1. The molecule has 3 heterocycles. The summed E-state index contributed by atoms with van der Waals surface area (Å²) in [6, 6.07) is 19.1. The van der Waals surface area contributed by atoms with Gasteiger partial charge in [-0.05, 0) is 43.7 Å². The Morgan fingerprint density at radius 1 is 0.903 bits per heavy atom. The van der Waals surface area contributed by atoms with Crippen LogP contribution in [0.15, 0.2) is 73.1 Å². The molecule has 0 aliphatic carbocycles. The van der Waals surface area contributed by atoms with Crippen molar-refractivity contribution in [1.29, 1.82) is 0 Å². The summed E-state index contributed by atoms with van der Waals surface area (Å²) in [5.41, 5.74) is 2.16. The van der Waals surface area contributed by atoms with Crippen LogP contribution in [-0.4, -0.2) is 30.8 Å². The van der Waals surface area contributed by atoms with Crippen molar-refractivity contribution in [2.24, 2.45) is 0 Å². The number of nitrogens with zero attached hydrogens (tertiary/aromatic N) is 5. The molecule has 154 valence electrons. The summed E-state index contributed by atoms with van der Waals surface area (Å²) < 4.78 is 0. The molecule has 3 aromatic heterocycles. The van der Waals surface area contributed by atoms with E-state index in [2.05, 4.69) is 54.6 Å². The fourth-order valence-corrected chi connectivity index (χ4v) is 2.98. The molecule has 4 aromatic rings. The first kappa shape index (κ1) is 20.1. The molecule has 0 saturated heterocycles. The number of carbonyl (C=O) groups excluding carboxylic acids is 1. The highest BCUT2D eigenvalue weighted by molar-refractivity contribution is 6.03. The van der Waals surface area contributed by atoms with E-state index in [0.717, 1.165) is 5.56 Å². The zero-order valence-electron chi connectivity index (χ0n) is 17.1. The van der Waals surface area contributed by atoms with Crippen molar-refractivity contribution >= 4 is 17.7 Å². The molecule has 31 heavy (non-hydrogen) atoms. The molecule has 1 aromatic carbocycles. The summed E-state index contributed by atoms with van der Waals surface area (Å²) in [7, 11) is 0. The van der Waals surface area contributed by atoms with Crippen molar-refractivity contribution < 1.29 is 4.79 Å². The predicted molar refractivity (Wildman–Crippen MR) is 118 cm³/mol. The molecule has 0 aliphatic rings. The quantitative estimate of drug-likeness (QED) is 0.493. The second kappa shape index (κ2) is 9.08. The van der Waals surface area contributed by atoms with E-state index < -0.39 is 0 Å². The molecule has 4 rings (SSSR count). The van der Waals surface area contributed by atoms with Crippen molar-refractivity contribution in [3.63, 3.8) is 0 Å². The zero-order chi connectivity index (χ0) is 21.6. The van der Waals surface area contributed by atoms with E-state index >= 15 is 0 Å². The molecule has 0 spiro atoms. The standard InChI is InChI=1S/C23H21N7O/c1-15(17-8-4-3-5-9-17)26-20-12-11-18(14-25-20)22(31)30-23-28-16(2)27-21(29-23)19-10-6-7-13-24-19/h3-15H,1-2H3,(H,25,26)(H,27,28,29,30,31). The monoisotopic (exact) mass is 411 g/mol. The molecule has 0 aliphatic heterocycles. The lowest BCUT2D eigenvalue weighted by Crippen LogP contribution is -2.16. The number of pyridine rings is 2. The molecule has 8 heteroatoms. The maximum Gasteiger partial charge on any atom is 0.259 e. The summed E-state index contributed by atoms with van der Waals surface area (Å²) in [4.78, 5) is 34.0. The van der Waals surface area contributed by atoms with Gasteiger partial charge in [0.15, 0.2) is 5.82 Å². The topological polar surface area (TPSA) is 106 Å². The van der Waals surface area contributed by atoms with E-state index in [0.29, 0.717) is 28.7 Å². The number of nitrogens with one attached hydrogen (secondary N) is 2. The van der Waals surface area contributed by atoms with Crippen molar-refractivity contribution in [2.45, 2.75) is 19.9 Å². The van der Waals surface area contributed by atoms with Gasteiger partial charge >= 0.3 is 0 Å². The summed E-state index contributed by atoms with van der Waals surface area (Å²) >= 11 is 0. The SMILES string of the molecule is Cc1nc(NC(=O)c2ccc(NC(C)c3ccccc3)nc2)nc(-c2ccccn2)n1. The van der Waals surface area contributed by atoms with Gasteiger partial charge in [-0.3, -0.25) is 15.1 Å². The van der Waals surface area contributed by atoms with Crippen LogP contribution >= 0.6 is 0 Å². The number of aryl methyl sites for hydroxylation is 1. The number of hydrogen-bond donors (Lipinski definition) is 2. The van der Waals surface area contributed by atoms with E-state index in [9.17, 15) is 4.79 Å². The van der Waals surface area contributed by atoms with Crippen LogP contribution in [0.25, 0.3) is 11.5 Å². The number of rotatable bonds is 6. The molecule has 0 fully saturated rings. The van der Waals surface area contributed by atoms with Crippen LogP contribution in [0.2, 0.25) is 0 Å². The number of benzene rings is 1. The lowest BCUT2D eigenvalue weighted by molar-refractivity contribution is 0.102. The molecule has 1 atom stereocenters. The van der Waals surface area contributed by atoms with Crippen molar-refractivity contribution in [2.75, 3.05) is 10.6 Å². The minimum atomic E-state index is -0.354. The highest BCUT2D eigenvalue weighted by Gasteiger charge is 2.13. The average Bonchev–Trinajstić information content (AvgIpc) is 2.80. The van der Waals surface area contributed by atoms with E-state index in [-0.39, 0.29) is 17.9 Å². The van der Waals surface area contributed by atoms with Crippen LogP contribution in [0.3, 0.4) is 0 Å². The van der Waals surface area contributed by atoms with E-state index in [1.807, 2.05) is 30.3 Å². The van der Waals surface area contributed by atoms with Gasteiger partial charge in [-0.15, -0.1) is 0 Å². The molecule has 0 saturated carbocycles. The Labute approximate surface area is 179 Å². The first-order valence-electron chi connectivity index (χ1n) is 9.81. The Hall–Kier alpha value is -4.20. The summed E-state index contributed by atoms with van der Waals surface area (Å²) in [6.07, 6.45) is 3.18. The van der Waals surface area contributed by atoms with Gasteiger partial charge in [0.2, 0.25) is 5.95 Å². The Kier molecular flexibility index (Phi) is 5.89. The molecule has 1 unspecified atom stereocenters. The van der Waals surface area contributed by atoms with Crippen LogP contribution in [0.4, 0.5) is 11.8 Å². The fraction of sp³-hybridized carbons (Fsp3) is 0.130. The fourth-order valence-electron chi connectivity index (χ4n) is 2.98. The predicted octanol–water partition coefficient (Wildman–Crippen LogP) is 4.06. The number of hydrogen-bond acceptors (Lipinski definition) is 7. The average molecular weight is 411 g/mol. The second-order valence-electron chi connectivity index (χ2n) is 6.91. The third-order valence-corrected chi connectivity index (χ3v) is 4.56. The van der Waals surface area contributed by atoms with Crippen LogP contribution < -0.4 is 10.6 Å². The largest absolute Gasteiger partial charge is 0.364 e. The molecular formula is C23H21N7O. The molecule has 1 amide bonds. The van der Waals surface area contributed by atoms with Gasteiger partial charge in [0.25, 0.3) is 5.91 Å².